The van der Waals surface area contributed by atoms with Crippen LogP contribution in [0.25, 0.3) is 0 Å². The van der Waals surface area contributed by atoms with Crippen LogP contribution in [0.15, 0.2) is 29.3 Å². The van der Waals surface area contributed by atoms with Crippen LogP contribution in [0.3, 0.4) is 0 Å². The Balaban J connectivity index is 1.30. The van der Waals surface area contributed by atoms with Crippen LogP contribution in [0, 0.1) is 5.92 Å². The van der Waals surface area contributed by atoms with Crippen LogP contribution in [-0.2, 0) is 24.3 Å². The maximum absolute atomic E-state index is 12.7. The van der Waals surface area contributed by atoms with E-state index in [1.54, 1.807) is 6.20 Å². The molecule has 1 atom stereocenters. The molecule has 2 fully saturated rings. The molecule has 0 aromatic carbocycles. The number of fused-ring (bicyclic) bond motifs is 1. The van der Waals surface area contributed by atoms with Gasteiger partial charge >= 0.3 is 0 Å². The summed E-state index contributed by atoms with van der Waals surface area (Å²) < 4.78 is 0. The van der Waals surface area contributed by atoms with Gasteiger partial charge in [-0.25, -0.2) is 4.98 Å². The van der Waals surface area contributed by atoms with Crippen molar-refractivity contribution in [2.45, 2.75) is 51.1 Å². The number of aromatic amines is 1. The van der Waals surface area contributed by atoms with Gasteiger partial charge in [0.15, 0.2) is 0 Å². The van der Waals surface area contributed by atoms with E-state index in [1.165, 1.54) is 5.56 Å². The summed E-state index contributed by atoms with van der Waals surface area (Å²) in [5, 5.41) is 0. The fourth-order valence-corrected chi connectivity index (χ4v) is 4.70. The molecular formula is C22H27N5O2. The number of pyridine rings is 1. The van der Waals surface area contributed by atoms with E-state index in [2.05, 4.69) is 20.9 Å². The Morgan fingerprint density at radius 2 is 2.14 bits per heavy atom. The number of rotatable bonds is 4. The zero-order chi connectivity index (χ0) is 19.8. The molecule has 5 rings (SSSR count). The van der Waals surface area contributed by atoms with Gasteiger partial charge in [0.2, 0.25) is 5.91 Å². The SMILES string of the molecule is O=C(C1CCC1)N1CCc2c(nc(C3CCN(Cc4cccnc4)C3)[nH]c2=O)C1. The highest BCUT2D eigenvalue weighted by molar-refractivity contribution is 5.79. The quantitative estimate of drug-likeness (QED) is 0.857. The number of likely N-dealkylation sites (tertiary alicyclic amines) is 1. The predicted molar refractivity (Wildman–Crippen MR) is 108 cm³/mol. The molecule has 2 aromatic rings. The van der Waals surface area contributed by atoms with Gasteiger partial charge in [0, 0.05) is 49.4 Å². The molecule has 1 N–H and O–H groups in total. The minimum absolute atomic E-state index is 0.0218. The van der Waals surface area contributed by atoms with Crippen LogP contribution in [0.4, 0.5) is 0 Å². The molecule has 1 unspecified atom stereocenters. The number of amides is 1. The smallest absolute Gasteiger partial charge is 0.254 e. The monoisotopic (exact) mass is 393 g/mol. The number of hydrogen-bond donors (Lipinski definition) is 1. The van der Waals surface area contributed by atoms with Crippen molar-refractivity contribution in [1.29, 1.82) is 0 Å². The predicted octanol–water partition coefficient (Wildman–Crippen LogP) is 1.84. The van der Waals surface area contributed by atoms with E-state index in [4.69, 9.17) is 4.98 Å². The summed E-state index contributed by atoms with van der Waals surface area (Å²) in [7, 11) is 0. The van der Waals surface area contributed by atoms with Gasteiger partial charge in [0.05, 0.1) is 12.2 Å². The minimum atomic E-state index is -0.0218. The van der Waals surface area contributed by atoms with Gasteiger partial charge in [-0.1, -0.05) is 12.5 Å². The molecule has 152 valence electrons. The third-order valence-corrected chi connectivity index (χ3v) is 6.65. The maximum atomic E-state index is 12.7. The second-order valence-corrected chi connectivity index (χ2v) is 8.60. The molecule has 1 saturated carbocycles. The lowest BCUT2D eigenvalue weighted by Gasteiger charge is -2.34. The fourth-order valence-electron chi connectivity index (χ4n) is 4.70. The summed E-state index contributed by atoms with van der Waals surface area (Å²) in [6, 6.07) is 4.05. The molecule has 7 heteroatoms. The molecular weight excluding hydrogens is 366 g/mol. The number of H-pyrrole nitrogens is 1. The Bertz CT molecular complexity index is 953. The Morgan fingerprint density at radius 3 is 2.90 bits per heavy atom. The van der Waals surface area contributed by atoms with Crippen LogP contribution >= 0.6 is 0 Å². The van der Waals surface area contributed by atoms with Crippen molar-refractivity contribution < 1.29 is 4.79 Å². The summed E-state index contributed by atoms with van der Waals surface area (Å²) in [6.07, 6.45) is 8.44. The molecule has 1 amide bonds. The molecule has 1 saturated heterocycles. The molecule has 1 aliphatic carbocycles. The van der Waals surface area contributed by atoms with Crippen molar-refractivity contribution in [1.82, 2.24) is 24.8 Å². The largest absolute Gasteiger partial charge is 0.336 e. The van der Waals surface area contributed by atoms with Gasteiger partial charge in [-0.05, 0) is 43.9 Å². The summed E-state index contributed by atoms with van der Waals surface area (Å²) in [5.41, 5.74) is 2.74. The lowest BCUT2D eigenvalue weighted by molar-refractivity contribution is -0.139. The minimum Gasteiger partial charge on any atom is -0.336 e. The van der Waals surface area contributed by atoms with Gasteiger partial charge in [-0.2, -0.15) is 0 Å². The number of carbonyl (C=O) groups is 1. The van der Waals surface area contributed by atoms with Crippen molar-refractivity contribution in [3.63, 3.8) is 0 Å². The molecule has 2 aliphatic heterocycles. The standard InChI is InChI=1S/C22H27N5O2/c28-21-18-7-10-27(22(29)16-4-1-5-16)14-19(18)24-20(25-21)17-6-9-26(13-17)12-15-3-2-8-23-11-15/h2-3,8,11,16-17H,1,4-7,9-10,12-14H2,(H,24,25,28). The van der Waals surface area contributed by atoms with Crippen LogP contribution in [0.1, 0.15) is 54.2 Å². The Morgan fingerprint density at radius 1 is 1.24 bits per heavy atom. The van der Waals surface area contributed by atoms with Crippen LogP contribution in [0.5, 0.6) is 0 Å². The second kappa shape index (κ2) is 7.71. The average Bonchev–Trinajstić information content (AvgIpc) is 3.15. The Hall–Kier alpha value is -2.54. The van der Waals surface area contributed by atoms with Gasteiger partial charge in [-0.15, -0.1) is 0 Å². The van der Waals surface area contributed by atoms with Crippen LogP contribution < -0.4 is 5.56 Å². The fraction of sp³-hybridized carbons (Fsp3) is 0.545. The van der Waals surface area contributed by atoms with E-state index >= 15 is 0 Å². The molecule has 2 aromatic heterocycles. The van der Waals surface area contributed by atoms with Crippen molar-refractivity contribution >= 4 is 5.91 Å². The van der Waals surface area contributed by atoms with E-state index in [-0.39, 0.29) is 23.3 Å². The average molecular weight is 393 g/mol. The highest BCUT2D eigenvalue weighted by Crippen LogP contribution is 2.30. The van der Waals surface area contributed by atoms with Crippen molar-refractivity contribution in [2.24, 2.45) is 5.92 Å². The van der Waals surface area contributed by atoms with Crippen molar-refractivity contribution in [3.05, 3.63) is 57.5 Å². The van der Waals surface area contributed by atoms with Gasteiger partial charge in [0.1, 0.15) is 5.82 Å². The molecule has 0 radical (unpaired) electrons. The van der Waals surface area contributed by atoms with E-state index in [1.807, 2.05) is 17.2 Å². The molecule has 29 heavy (non-hydrogen) atoms. The maximum Gasteiger partial charge on any atom is 0.254 e. The lowest BCUT2D eigenvalue weighted by atomic mass is 9.84. The highest BCUT2D eigenvalue weighted by atomic mass is 16.2. The molecule has 0 spiro atoms. The molecule has 7 nitrogen and oxygen atoms in total. The number of nitrogens with zero attached hydrogens (tertiary/aromatic N) is 4. The lowest BCUT2D eigenvalue weighted by Crippen LogP contribution is -2.43. The summed E-state index contributed by atoms with van der Waals surface area (Å²) in [5.74, 6) is 1.44. The first-order chi connectivity index (χ1) is 14.2. The zero-order valence-electron chi connectivity index (χ0n) is 16.6. The molecule has 4 heterocycles. The first-order valence-electron chi connectivity index (χ1n) is 10.7. The van der Waals surface area contributed by atoms with Crippen LogP contribution in [-0.4, -0.2) is 50.3 Å². The first-order valence-corrected chi connectivity index (χ1v) is 10.7. The van der Waals surface area contributed by atoms with E-state index in [0.29, 0.717) is 19.5 Å². The first kappa shape index (κ1) is 18.5. The summed E-state index contributed by atoms with van der Waals surface area (Å²) in [4.78, 5) is 41.7. The van der Waals surface area contributed by atoms with E-state index in [0.717, 1.165) is 62.4 Å². The van der Waals surface area contributed by atoms with E-state index in [9.17, 15) is 9.59 Å². The normalized spacial score (nSPS) is 22.3. The highest BCUT2D eigenvalue weighted by Gasteiger charge is 2.33. The Kier molecular flexibility index (Phi) is 4.91. The van der Waals surface area contributed by atoms with Crippen LogP contribution in [0.2, 0.25) is 0 Å². The molecule has 0 bridgehead atoms. The third kappa shape index (κ3) is 3.71. The van der Waals surface area contributed by atoms with Crippen molar-refractivity contribution in [3.8, 4) is 0 Å². The second-order valence-electron chi connectivity index (χ2n) is 8.60. The summed E-state index contributed by atoms with van der Waals surface area (Å²) in [6.45, 7) is 3.83. The van der Waals surface area contributed by atoms with Gasteiger partial charge in [0.25, 0.3) is 5.56 Å². The third-order valence-electron chi connectivity index (χ3n) is 6.65. The number of hydrogen-bond acceptors (Lipinski definition) is 5. The van der Waals surface area contributed by atoms with Gasteiger partial charge < -0.3 is 9.88 Å². The number of aromatic nitrogens is 3. The number of nitrogens with one attached hydrogen (secondary N) is 1. The number of carbonyl (C=O) groups excluding carboxylic acids is 1. The topological polar surface area (TPSA) is 82.2 Å². The Labute approximate surface area is 170 Å². The van der Waals surface area contributed by atoms with Crippen molar-refractivity contribution in [2.75, 3.05) is 19.6 Å². The van der Waals surface area contributed by atoms with E-state index < -0.39 is 0 Å². The zero-order valence-corrected chi connectivity index (χ0v) is 16.6. The molecule has 3 aliphatic rings. The summed E-state index contributed by atoms with van der Waals surface area (Å²) >= 11 is 0. The van der Waals surface area contributed by atoms with Gasteiger partial charge in [-0.3, -0.25) is 19.5 Å².